The average molecular weight is 306 g/mol. The first kappa shape index (κ1) is 16.7. The number of aliphatic imine (C=N–C) groups is 1. The minimum Gasteiger partial charge on any atom is -0.508 e. The SMILES string of the molecule is CCSC(N)=Nc1ccccc1.Oc1cc(O)cc(O)c1. The fourth-order valence-corrected chi connectivity index (χ4v) is 1.86. The summed E-state index contributed by atoms with van der Waals surface area (Å²) in [5.74, 6) is 0.523. The van der Waals surface area contributed by atoms with E-state index in [0.717, 1.165) is 29.6 Å². The van der Waals surface area contributed by atoms with Gasteiger partial charge in [-0.15, -0.1) is 0 Å². The molecule has 0 atom stereocenters. The van der Waals surface area contributed by atoms with Crippen LogP contribution in [0.25, 0.3) is 0 Å². The lowest BCUT2D eigenvalue weighted by Gasteiger charge is -1.96. The van der Waals surface area contributed by atoms with Crippen molar-refractivity contribution < 1.29 is 15.3 Å². The zero-order valence-electron chi connectivity index (χ0n) is 11.6. The van der Waals surface area contributed by atoms with Gasteiger partial charge in [0.05, 0.1) is 5.69 Å². The summed E-state index contributed by atoms with van der Waals surface area (Å²) >= 11 is 1.55. The first-order chi connectivity index (χ1) is 10.0. The fraction of sp³-hybridized carbons (Fsp3) is 0.133. The van der Waals surface area contributed by atoms with E-state index in [1.54, 1.807) is 11.8 Å². The molecule has 0 aromatic heterocycles. The number of rotatable bonds is 2. The second-order valence-electron chi connectivity index (χ2n) is 3.93. The summed E-state index contributed by atoms with van der Waals surface area (Å²) in [5.41, 5.74) is 6.54. The van der Waals surface area contributed by atoms with E-state index in [-0.39, 0.29) is 17.2 Å². The summed E-state index contributed by atoms with van der Waals surface area (Å²) in [6, 6.07) is 13.1. The molecule has 0 bridgehead atoms. The summed E-state index contributed by atoms with van der Waals surface area (Å²) in [5, 5.41) is 26.7. The van der Waals surface area contributed by atoms with Crippen molar-refractivity contribution >= 4 is 22.6 Å². The standard InChI is InChI=1S/C9H12N2S.C6H6O3/c1-2-12-9(10)11-8-6-4-3-5-7-8;7-4-1-5(8)3-6(9)2-4/h3-7H,2H2,1H3,(H2,10,11);1-3,7-9H. The molecule has 0 unspecified atom stereocenters. The number of phenolic OH excluding ortho intramolecular Hbond substituents is 3. The third-order valence-electron chi connectivity index (χ3n) is 2.18. The van der Waals surface area contributed by atoms with Crippen LogP contribution < -0.4 is 5.73 Å². The van der Waals surface area contributed by atoms with Crippen LogP contribution in [0.4, 0.5) is 5.69 Å². The van der Waals surface area contributed by atoms with Crippen molar-refractivity contribution in [3.05, 3.63) is 48.5 Å². The Morgan fingerprint density at radius 2 is 1.48 bits per heavy atom. The molecule has 0 fully saturated rings. The van der Waals surface area contributed by atoms with Gasteiger partial charge in [0.15, 0.2) is 5.17 Å². The largest absolute Gasteiger partial charge is 0.508 e. The van der Waals surface area contributed by atoms with Gasteiger partial charge in [-0.2, -0.15) is 0 Å². The fourth-order valence-electron chi connectivity index (χ4n) is 1.39. The van der Waals surface area contributed by atoms with Gasteiger partial charge in [-0.3, -0.25) is 0 Å². The van der Waals surface area contributed by atoms with Crippen LogP contribution in [0.5, 0.6) is 17.2 Å². The quantitative estimate of drug-likeness (QED) is 0.504. The van der Waals surface area contributed by atoms with E-state index in [2.05, 4.69) is 11.9 Å². The van der Waals surface area contributed by atoms with Crippen LogP contribution in [0.3, 0.4) is 0 Å². The highest BCUT2D eigenvalue weighted by Gasteiger charge is 1.94. The van der Waals surface area contributed by atoms with Gasteiger partial charge in [0, 0.05) is 18.2 Å². The molecule has 2 aromatic carbocycles. The van der Waals surface area contributed by atoms with Crippen LogP contribution in [0.15, 0.2) is 53.5 Å². The van der Waals surface area contributed by atoms with Crippen molar-refractivity contribution in [3.63, 3.8) is 0 Å². The zero-order valence-corrected chi connectivity index (χ0v) is 12.4. The number of aromatic hydroxyl groups is 3. The summed E-state index contributed by atoms with van der Waals surface area (Å²) in [7, 11) is 0. The number of nitrogens with two attached hydrogens (primary N) is 1. The van der Waals surface area contributed by atoms with E-state index in [0.29, 0.717) is 5.17 Å². The molecule has 0 aliphatic heterocycles. The number of nitrogens with zero attached hydrogens (tertiary/aromatic N) is 1. The molecule has 5 nitrogen and oxygen atoms in total. The maximum Gasteiger partial charge on any atom is 0.159 e. The van der Waals surface area contributed by atoms with Gasteiger partial charge in [0.2, 0.25) is 0 Å². The van der Waals surface area contributed by atoms with E-state index >= 15 is 0 Å². The Morgan fingerprint density at radius 1 is 1.00 bits per heavy atom. The van der Waals surface area contributed by atoms with Crippen LogP contribution in [0.2, 0.25) is 0 Å². The lowest BCUT2D eigenvalue weighted by molar-refractivity contribution is 0.428. The molecule has 0 aliphatic carbocycles. The third-order valence-corrected chi connectivity index (χ3v) is 2.85. The van der Waals surface area contributed by atoms with Crippen molar-refractivity contribution in [1.29, 1.82) is 0 Å². The van der Waals surface area contributed by atoms with Gasteiger partial charge in [0.25, 0.3) is 0 Å². The molecule has 0 saturated carbocycles. The van der Waals surface area contributed by atoms with E-state index in [1.165, 1.54) is 0 Å². The van der Waals surface area contributed by atoms with Gasteiger partial charge in [-0.1, -0.05) is 36.9 Å². The first-order valence-electron chi connectivity index (χ1n) is 6.25. The molecule has 2 aromatic rings. The molecule has 21 heavy (non-hydrogen) atoms. The topological polar surface area (TPSA) is 99.1 Å². The first-order valence-corrected chi connectivity index (χ1v) is 7.23. The van der Waals surface area contributed by atoms with E-state index in [4.69, 9.17) is 21.1 Å². The monoisotopic (exact) mass is 306 g/mol. The molecule has 0 amide bonds. The Bertz CT molecular complexity index is 538. The highest BCUT2D eigenvalue weighted by molar-refractivity contribution is 8.13. The number of thioether (sulfide) groups is 1. The molecule has 0 saturated heterocycles. The normalized spacial score (nSPS) is 10.6. The summed E-state index contributed by atoms with van der Waals surface area (Å²) in [4.78, 5) is 4.21. The number of benzene rings is 2. The smallest absolute Gasteiger partial charge is 0.159 e. The number of hydrogen-bond acceptors (Lipinski definition) is 5. The molecule has 5 N–H and O–H groups in total. The van der Waals surface area contributed by atoms with Gasteiger partial charge in [-0.25, -0.2) is 4.99 Å². The number of phenols is 3. The maximum absolute atomic E-state index is 8.67. The lowest BCUT2D eigenvalue weighted by atomic mass is 10.3. The Kier molecular flexibility index (Phi) is 6.97. The Labute approximate surface area is 127 Å². The van der Waals surface area contributed by atoms with Gasteiger partial charge >= 0.3 is 0 Å². The number of hydrogen-bond donors (Lipinski definition) is 4. The molecule has 0 radical (unpaired) electrons. The molecular formula is C15H18N2O3S. The van der Waals surface area contributed by atoms with Crippen LogP contribution >= 0.6 is 11.8 Å². The third kappa shape index (κ3) is 7.12. The molecule has 112 valence electrons. The number of amidine groups is 1. The molecule has 0 aliphatic rings. The Morgan fingerprint density at radius 3 is 1.90 bits per heavy atom. The lowest BCUT2D eigenvalue weighted by Crippen LogP contribution is -2.05. The van der Waals surface area contributed by atoms with Crippen molar-refractivity contribution in [3.8, 4) is 17.2 Å². The van der Waals surface area contributed by atoms with Gasteiger partial charge in [-0.05, 0) is 17.9 Å². The molecule has 2 rings (SSSR count). The van der Waals surface area contributed by atoms with Crippen molar-refractivity contribution in [2.24, 2.45) is 10.7 Å². The summed E-state index contributed by atoms with van der Waals surface area (Å²) < 4.78 is 0. The Hall–Kier alpha value is -2.34. The van der Waals surface area contributed by atoms with E-state index in [1.807, 2.05) is 30.3 Å². The second kappa shape index (κ2) is 8.76. The van der Waals surface area contributed by atoms with Crippen LogP contribution in [-0.4, -0.2) is 26.2 Å². The van der Waals surface area contributed by atoms with Crippen LogP contribution in [0.1, 0.15) is 6.92 Å². The van der Waals surface area contributed by atoms with Crippen molar-refractivity contribution in [2.75, 3.05) is 5.75 Å². The van der Waals surface area contributed by atoms with E-state index in [9.17, 15) is 0 Å². The van der Waals surface area contributed by atoms with Crippen molar-refractivity contribution in [1.82, 2.24) is 0 Å². The maximum atomic E-state index is 8.67. The summed E-state index contributed by atoms with van der Waals surface area (Å²) in [6.45, 7) is 2.05. The molecule has 0 heterocycles. The molecular weight excluding hydrogens is 288 g/mol. The van der Waals surface area contributed by atoms with E-state index < -0.39 is 0 Å². The number of para-hydroxylation sites is 1. The van der Waals surface area contributed by atoms with Crippen LogP contribution in [-0.2, 0) is 0 Å². The predicted molar refractivity (Wildman–Crippen MR) is 87.3 cm³/mol. The molecule has 6 heteroatoms. The second-order valence-corrected chi connectivity index (χ2v) is 5.21. The highest BCUT2D eigenvalue weighted by Crippen LogP contribution is 2.23. The minimum atomic E-state index is -0.146. The van der Waals surface area contributed by atoms with Gasteiger partial charge in [0.1, 0.15) is 17.2 Å². The summed E-state index contributed by atoms with van der Waals surface area (Å²) in [6.07, 6.45) is 0. The molecule has 0 spiro atoms. The zero-order chi connectivity index (χ0) is 15.7. The van der Waals surface area contributed by atoms with Crippen molar-refractivity contribution in [2.45, 2.75) is 6.92 Å². The highest BCUT2D eigenvalue weighted by atomic mass is 32.2. The van der Waals surface area contributed by atoms with Gasteiger partial charge < -0.3 is 21.1 Å². The minimum absolute atomic E-state index is 0.146. The van der Waals surface area contributed by atoms with Crippen LogP contribution in [0, 0.1) is 0 Å². The Balaban J connectivity index is 0.000000219. The average Bonchev–Trinajstić information content (AvgIpc) is 2.39. The predicted octanol–water partition coefficient (Wildman–Crippen LogP) is 3.19.